The van der Waals surface area contributed by atoms with Crippen LogP contribution in [0.15, 0.2) is 28.7 Å². The highest BCUT2D eigenvalue weighted by molar-refractivity contribution is 9.10. The van der Waals surface area contributed by atoms with Crippen LogP contribution < -0.4 is 0 Å². The minimum Gasteiger partial charge on any atom is -0.394 e. The molecule has 0 bridgehead atoms. The van der Waals surface area contributed by atoms with E-state index in [1.54, 1.807) is 0 Å². The van der Waals surface area contributed by atoms with E-state index < -0.39 is 0 Å². The molecule has 1 aromatic rings. The first-order chi connectivity index (χ1) is 7.28. The summed E-state index contributed by atoms with van der Waals surface area (Å²) in [7, 11) is 0. The molecule has 0 spiro atoms. The Morgan fingerprint density at radius 2 is 2.07 bits per heavy atom. The molecule has 1 heterocycles. The molecule has 1 saturated heterocycles. The fourth-order valence-electron chi connectivity index (χ4n) is 1.52. The Morgan fingerprint density at radius 1 is 1.33 bits per heavy atom. The molecule has 15 heavy (non-hydrogen) atoms. The predicted molar refractivity (Wildman–Crippen MR) is 59.5 cm³/mol. The number of hydrogen-bond donors (Lipinski definition) is 1. The second-order valence-electron chi connectivity index (χ2n) is 3.53. The standard InChI is InChI=1S/C11H13BrO3/c12-9-3-1-8(2-4-9)5-11-14-7-10(6-13)15-11/h1-4,10-11,13H,5-7H2. The molecule has 1 aliphatic rings. The molecule has 0 aromatic heterocycles. The third-order valence-electron chi connectivity index (χ3n) is 2.33. The van der Waals surface area contributed by atoms with E-state index in [9.17, 15) is 0 Å². The smallest absolute Gasteiger partial charge is 0.162 e. The average molecular weight is 273 g/mol. The van der Waals surface area contributed by atoms with Crippen molar-refractivity contribution in [3.05, 3.63) is 34.3 Å². The molecule has 4 heteroatoms. The number of ether oxygens (including phenoxy) is 2. The van der Waals surface area contributed by atoms with Gasteiger partial charge in [-0.2, -0.15) is 0 Å². The number of rotatable bonds is 3. The van der Waals surface area contributed by atoms with E-state index in [0.29, 0.717) is 6.61 Å². The Bertz CT molecular complexity index is 312. The van der Waals surface area contributed by atoms with E-state index in [1.165, 1.54) is 5.56 Å². The van der Waals surface area contributed by atoms with Crippen LogP contribution in [-0.2, 0) is 15.9 Å². The summed E-state index contributed by atoms with van der Waals surface area (Å²) in [5.74, 6) is 0. The summed E-state index contributed by atoms with van der Waals surface area (Å²) in [6.45, 7) is 0.508. The summed E-state index contributed by atoms with van der Waals surface area (Å²) in [5, 5.41) is 8.88. The Hall–Kier alpha value is -0.420. The maximum atomic E-state index is 8.88. The second kappa shape index (κ2) is 5.07. The minimum absolute atomic E-state index is 0.0246. The first kappa shape index (κ1) is 11.1. The first-order valence-corrected chi connectivity index (χ1v) is 5.69. The van der Waals surface area contributed by atoms with Crippen molar-refractivity contribution < 1.29 is 14.6 Å². The monoisotopic (exact) mass is 272 g/mol. The van der Waals surface area contributed by atoms with Crippen molar-refractivity contribution in [2.75, 3.05) is 13.2 Å². The lowest BCUT2D eigenvalue weighted by Crippen LogP contribution is -2.17. The lowest BCUT2D eigenvalue weighted by atomic mass is 10.1. The van der Waals surface area contributed by atoms with Crippen LogP contribution in [0.5, 0.6) is 0 Å². The van der Waals surface area contributed by atoms with Gasteiger partial charge in [-0.3, -0.25) is 0 Å². The van der Waals surface area contributed by atoms with Crippen molar-refractivity contribution in [1.82, 2.24) is 0 Å². The quantitative estimate of drug-likeness (QED) is 0.911. The zero-order valence-corrected chi connectivity index (χ0v) is 9.81. The molecule has 0 amide bonds. The van der Waals surface area contributed by atoms with E-state index in [0.717, 1.165) is 10.9 Å². The summed E-state index contributed by atoms with van der Waals surface area (Å²) >= 11 is 3.38. The van der Waals surface area contributed by atoms with Crippen LogP contribution in [0.4, 0.5) is 0 Å². The van der Waals surface area contributed by atoms with E-state index in [-0.39, 0.29) is 19.0 Å². The topological polar surface area (TPSA) is 38.7 Å². The van der Waals surface area contributed by atoms with Gasteiger partial charge in [0, 0.05) is 10.9 Å². The summed E-state index contributed by atoms with van der Waals surface area (Å²) in [4.78, 5) is 0. The molecule has 1 aliphatic heterocycles. The fourth-order valence-corrected chi connectivity index (χ4v) is 1.79. The van der Waals surface area contributed by atoms with E-state index in [4.69, 9.17) is 14.6 Å². The fraction of sp³-hybridized carbons (Fsp3) is 0.455. The third kappa shape index (κ3) is 3.01. The van der Waals surface area contributed by atoms with Gasteiger partial charge in [0.05, 0.1) is 13.2 Å². The van der Waals surface area contributed by atoms with E-state index in [1.807, 2.05) is 24.3 Å². The van der Waals surface area contributed by atoms with Crippen molar-refractivity contribution in [2.24, 2.45) is 0 Å². The highest BCUT2D eigenvalue weighted by atomic mass is 79.9. The molecule has 2 rings (SSSR count). The molecule has 1 aromatic carbocycles. The highest BCUT2D eigenvalue weighted by Gasteiger charge is 2.25. The van der Waals surface area contributed by atoms with Crippen molar-refractivity contribution in [2.45, 2.75) is 18.8 Å². The van der Waals surface area contributed by atoms with Crippen LogP contribution in [0.3, 0.4) is 0 Å². The van der Waals surface area contributed by atoms with Crippen molar-refractivity contribution in [3.8, 4) is 0 Å². The van der Waals surface area contributed by atoms with Crippen LogP contribution in [-0.4, -0.2) is 30.7 Å². The summed E-state index contributed by atoms with van der Waals surface area (Å²) < 4.78 is 11.9. The van der Waals surface area contributed by atoms with Crippen molar-refractivity contribution >= 4 is 15.9 Å². The van der Waals surface area contributed by atoms with Crippen LogP contribution in [0, 0.1) is 0 Å². The number of benzene rings is 1. The Morgan fingerprint density at radius 3 is 2.67 bits per heavy atom. The average Bonchev–Trinajstić information content (AvgIpc) is 2.69. The predicted octanol–water partition coefficient (Wildman–Crippen LogP) is 1.73. The van der Waals surface area contributed by atoms with Gasteiger partial charge in [0.25, 0.3) is 0 Å². The summed E-state index contributed by atoms with van der Waals surface area (Å²) in [6, 6.07) is 8.05. The summed E-state index contributed by atoms with van der Waals surface area (Å²) in [5.41, 5.74) is 1.17. The largest absolute Gasteiger partial charge is 0.394 e. The number of hydrogen-bond acceptors (Lipinski definition) is 3. The van der Waals surface area contributed by atoms with Gasteiger partial charge in [-0.05, 0) is 17.7 Å². The van der Waals surface area contributed by atoms with Crippen LogP contribution in [0.1, 0.15) is 5.56 Å². The van der Waals surface area contributed by atoms with Crippen molar-refractivity contribution in [1.29, 1.82) is 0 Å². The van der Waals surface area contributed by atoms with Gasteiger partial charge < -0.3 is 14.6 Å². The zero-order chi connectivity index (χ0) is 10.7. The van der Waals surface area contributed by atoms with E-state index in [2.05, 4.69) is 15.9 Å². The molecule has 2 atom stereocenters. The lowest BCUT2D eigenvalue weighted by Gasteiger charge is -2.10. The molecule has 3 nitrogen and oxygen atoms in total. The van der Waals surface area contributed by atoms with Gasteiger partial charge >= 0.3 is 0 Å². The molecule has 0 aliphatic carbocycles. The summed E-state index contributed by atoms with van der Waals surface area (Å²) in [6.07, 6.45) is 0.345. The van der Waals surface area contributed by atoms with E-state index >= 15 is 0 Å². The van der Waals surface area contributed by atoms with Crippen molar-refractivity contribution in [3.63, 3.8) is 0 Å². The van der Waals surface area contributed by atoms with Crippen LogP contribution >= 0.6 is 15.9 Å². The maximum Gasteiger partial charge on any atom is 0.162 e. The Balaban J connectivity index is 1.90. The number of halogens is 1. The maximum absolute atomic E-state index is 8.88. The van der Waals surface area contributed by atoms with Gasteiger partial charge in [-0.1, -0.05) is 28.1 Å². The molecule has 1 fully saturated rings. The van der Waals surface area contributed by atoms with Gasteiger partial charge in [-0.15, -0.1) is 0 Å². The number of aliphatic hydroxyl groups excluding tert-OH is 1. The normalized spacial score (nSPS) is 25.7. The van der Waals surface area contributed by atoms with Gasteiger partial charge in [0.15, 0.2) is 6.29 Å². The minimum atomic E-state index is -0.219. The molecule has 1 N–H and O–H groups in total. The van der Waals surface area contributed by atoms with Crippen LogP contribution in [0.25, 0.3) is 0 Å². The molecule has 82 valence electrons. The second-order valence-corrected chi connectivity index (χ2v) is 4.45. The van der Waals surface area contributed by atoms with Gasteiger partial charge in [-0.25, -0.2) is 0 Å². The SMILES string of the molecule is OCC1COC(Cc2ccc(Br)cc2)O1. The molecular weight excluding hydrogens is 260 g/mol. The Kier molecular flexibility index (Phi) is 3.75. The molecule has 2 unspecified atom stereocenters. The number of aliphatic hydroxyl groups is 1. The zero-order valence-electron chi connectivity index (χ0n) is 8.23. The third-order valence-corrected chi connectivity index (χ3v) is 2.86. The highest BCUT2D eigenvalue weighted by Crippen LogP contribution is 2.17. The molecular formula is C11H13BrO3. The first-order valence-electron chi connectivity index (χ1n) is 4.90. The van der Waals surface area contributed by atoms with Gasteiger partial charge in [0.2, 0.25) is 0 Å². The molecule has 0 radical (unpaired) electrons. The van der Waals surface area contributed by atoms with Crippen LogP contribution in [0.2, 0.25) is 0 Å². The van der Waals surface area contributed by atoms with Gasteiger partial charge in [0.1, 0.15) is 6.10 Å². The Labute approximate surface area is 97.1 Å². The lowest BCUT2D eigenvalue weighted by molar-refractivity contribution is -0.0632. The molecule has 0 saturated carbocycles.